The number of aromatic nitrogens is 7. The number of nitrogens with one attached hydrogen (secondary N) is 1. The molecule has 42 heavy (non-hydrogen) atoms. The summed E-state index contributed by atoms with van der Waals surface area (Å²) >= 11 is 0. The van der Waals surface area contributed by atoms with Crippen LogP contribution in [0, 0.1) is 0 Å². The molecular weight excluding hydrogens is 534 g/mol. The zero-order valence-corrected chi connectivity index (χ0v) is 23.8. The molecule has 4 heterocycles. The molecule has 5 rings (SSSR count). The molecule has 0 bridgehead atoms. The molecule has 1 aromatic carbocycles. The number of ketones is 1. The van der Waals surface area contributed by atoms with Crippen LogP contribution in [0.1, 0.15) is 66.7 Å². The lowest BCUT2D eigenvalue weighted by Gasteiger charge is -2.30. The summed E-state index contributed by atoms with van der Waals surface area (Å²) in [5.41, 5.74) is 10.2. The van der Waals surface area contributed by atoms with Crippen molar-refractivity contribution in [1.82, 2.24) is 39.7 Å². The highest BCUT2D eigenvalue weighted by Gasteiger charge is 2.27. The molecule has 216 valence electrons. The van der Waals surface area contributed by atoms with E-state index < -0.39 is 0 Å². The number of aromatic hydroxyl groups is 1. The van der Waals surface area contributed by atoms with Crippen LogP contribution in [0.3, 0.4) is 0 Å². The number of nitrogens with zero attached hydrogens (tertiary/aromatic N) is 7. The second kappa shape index (κ2) is 12.2. The summed E-state index contributed by atoms with van der Waals surface area (Å²) in [5.74, 6) is -0.0565. The maximum absolute atomic E-state index is 13.2. The van der Waals surface area contributed by atoms with Crippen LogP contribution in [0.4, 0.5) is 5.82 Å². The Labute approximate surface area is 242 Å². The number of rotatable bonds is 11. The number of pyridine rings is 1. The van der Waals surface area contributed by atoms with Gasteiger partial charge in [-0.2, -0.15) is 14.7 Å². The van der Waals surface area contributed by atoms with Gasteiger partial charge >= 0.3 is 0 Å². The van der Waals surface area contributed by atoms with Crippen LogP contribution in [-0.4, -0.2) is 69.0 Å². The Hall–Kier alpha value is -5.13. The van der Waals surface area contributed by atoms with Crippen molar-refractivity contribution in [3.05, 3.63) is 72.2 Å². The maximum Gasteiger partial charge on any atom is 0.291 e. The third-order valence-electron chi connectivity index (χ3n) is 7.30. The molecular formula is C30H33N9O3. The molecule has 0 aliphatic carbocycles. The van der Waals surface area contributed by atoms with Crippen molar-refractivity contribution in [3.63, 3.8) is 0 Å². The molecule has 12 nitrogen and oxygen atoms in total. The van der Waals surface area contributed by atoms with Gasteiger partial charge in [-0.25, -0.2) is 9.97 Å². The lowest BCUT2D eigenvalue weighted by Crippen LogP contribution is -2.41. The Morgan fingerprint density at radius 1 is 1.12 bits per heavy atom. The van der Waals surface area contributed by atoms with Gasteiger partial charge in [0.1, 0.15) is 23.6 Å². The number of nitrogen functional groups attached to an aromatic ring is 1. The van der Waals surface area contributed by atoms with Crippen LogP contribution >= 0.6 is 0 Å². The quantitative estimate of drug-likeness (QED) is 0.197. The lowest BCUT2D eigenvalue weighted by atomic mass is 10.0. The number of H-pyrrole nitrogens is 1. The number of aromatic amines is 1. The summed E-state index contributed by atoms with van der Waals surface area (Å²) in [4.78, 5) is 41.1. The van der Waals surface area contributed by atoms with Crippen molar-refractivity contribution in [2.24, 2.45) is 0 Å². The Morgan fingerprint density at radius 2 is 1.90 bits per heavy atom. The first-order chi connectivity index (χ1) is 20.3. The molecule has 0 saturated carbocycles. The standard InChI is InChI=1S/C30H33N9O3/c1-4-13-38(30(42)28-33-17-34-37-28)21(5-2)11-12-23-25(18(3)40)27(31)39-29(36-23)22(16-35-39)20-14-24(41)26(32-15-20)19-9-7-6-8-10-19/h6-10,14-17,21,41H,4-5,11-13,31H2,1-3H3,(H,33,34,37)/t21-/m1/s1. The molecule has 1 amide bonds. The minimum Gasteiger partial charge on any atom is -0.506 e. The SMILES string of the molecule is CCCN(C(=O)c1ncn[nH]1)[C@H](CC)CCc1nc2c(-c3cnc(-c4ccccc4)c(O)c3)cnn2c(N)c1C(C)=O. The fourth-order valence-electron chi connectivity index (χ4n) is 5.27. The second-order valence-electron chi connectivity index (χ2n) is 10.1. The molecule has 5 aromatic rings. The molecule has 0 spiro atoms. The van der Waals surface area contributed by atoms with E-state index in [1.807, 2.05) is 44.2 Å². The lowest BCUT2D eigenvalue weighted by molar-refractivity contribution is 0.0650. The van der Waals surface area contributed by atoms with E-state index in [-0.39, 0.29) is 35.1 Å². The topological polar surface area (TPSA) is 168 Å². The average Bonchev–Trinajstić information content (AvgIpc) is 3.68. The summed E-state index contributed by atoms with van der Waals surface area (Å²) in [5, 5.41) is 21.7. The van der Waals surface area contributed by atoms with Crippen LogP contribution < -0.4 is 5.73 Å². The monoisotopic (exact) mass is 567 g/mol. The predicted octanol–water partition coefficient (Wildman–Crippen LogP) is 4.33. The number of Topliss-reactive ketones (excluding diaryl/α,β-unsaturated/α-hetero) is 1. The fourth-order valence-corrected chi connectivity index (χ4v) is 5.27. The Kier molecular flexibility index (Phi) is 8.23. The number of benzene rings is 1. The molecule has 4 aromatic heterocycles. The van der Waals surface area contributed by atoms with Crippen LogP contribution in [0.5, 0.6) is 5.75 Å². The first-order valence-corrected chi connectivity index (χ1v) is 13.9. The van der Waals surface area contributed by atoms with E-state index in [1.165, 1.54) is 17.8 Å². The number of hydrogen-bond donors (Lipinski definition) is 3. The first kappa shape index (κ1) is 28.4. The van der Waals surface area contributed by atoms with Crippen molar-refractivity contribution >= 4 is 23.2 Å². The molecule has 4 N–H and O–H groups in total. The second-order valence-corrected chi connectivity index (χ2v) is 10.1. The summed E-state index contributed by atoms with van der Waals surface area (Å²) in [7, 11) is 0. The molecule has 0 aliphatic heterocycles. The van der Waals surface area contributed by atoms with Gasteiger partial charge < -0.3 is 15.7 Å². The van der Waals surface area contributed by atoms with Crippen molar-refractivity contribution in [3.8, 4) is 28.1 Å². The highest BCUT2D eigenvalue weighted by atomic mass is 16.3. The molecule has 1 atom stereocenters. The van der Waals surface area contributed by atoms with Crippen LogP contribution in [0.25, 0.3) is 28.0 Å². The van der Waals surface area contributed by atoms with Crippen molar-refractivity contribution in [2.45, 2.75) is 52.5 Å². The van der Waals surface area contributed by atoms with Gasteiger partial charge in [0, 0.05) is 35.5 Å². The van der Waals surface area contributed by atoms with Gasteiger partial charge in [-0.15, -0.1) is 0 Å². The van der Waals surface area contributed by atoms with E-state index in [0.717, 1.165) is 12.0 Å². The number of nitrogens with two attached hydrogens (primary N) is 1. The van der Waals surface area contributed by atoms with Gasteiger partial charge in [0.15, 0.2) is 11.4 Å². The summed E-state index contributed by atoms with van der Waals surface area (Å²) in [6, 6.07) is 10.9. The number of carbonyl (C=O) groups is 2. The summed E-state index contributed by atoms with van der Waals surface area (Å²) in [6.45, 7) is 6.03. The van der Waals surface area contributed by atoms with E-state index in [2.05, 4.69) is 25.3 Å². The summed E-state index contributed by atoms with van der Waals surface area (Å²) < 4.78 is 1.44. The first-order valence-electron chi connectivity index (χ1n) is 13.9. The summed E-state index contributed by atoms with van der Waals surface area (Å²) in [6.07, 6.45) is 6.99. The molecule has 0 saturated heterocycles. The van der Waals surface area contributed by atoms with E-state index in [4.69, 9.17) is 10.7 Å². The van der Waals surface area contributed by atoms with Crippen molar-refractivity contribution in [1.29, 1.82) is 0 Å². The van der Waals surface area contributed by atoms with E-state index in [9.17, 15) is 14.7 Å². The molecule has 12 heteroatoms. The fraction of sp³-hybridized carbons (Fsp3) is 0.300. The zero-order chi connectivity index (χ0) is 29.8. The van der Waals surface area contributed by atoms with Gasteiger partial charge in [-0.3, -0.25) is 19.7 Å². The van der Waals surface area contributed by atoms with E-state index in [0.29, 0.717) is 59.5 Å². The van der Waals surface area contributed by atoms with Gasteiger partial charge in [0.05, 0.1) is 17.5 Å². The zero-order valence-electron chi connectivity index (χ0n) is 23.8. The van der Waals surface area contributed by atoms with Crippen LogP contribution in [0.2, 0.25) is 0 Å². The molecule has 0 fully saturated rings. The van der Waals surface area contributed by atoms with Crippen molar-refractivity contribution in [2.75, 3.05) is 12.3 Å². The van der Waals surface area contributed by atoms with Crippen LogP contribution in [-0.2, 0) is 6.42 Å². The Balaban J connectivity index is 1.50. The van der Waals surface area contributed by atoms with Crippen LogP contribution in [0.15, 0.2) is 55.1 Å². The number of hydrogen-bond acceptors (Lipinski definition) is 9. The maximum atomic E-state index is 13.2. The Morgan fingerprint density at radius 3 is 2.55 bits per heavy atom. The average molecular weight is 568 g/mol. The van der Waals surface area contributed by atoms with Crippen molar-refractivity contribution < 1.29 is 14.7 Å². The predicted molar refractivity (Wildman–Crippen MR) is 158 cm³/mol. The highest BCUT2D eigenvalue weighted by molar-refractivity contribution is 6.00. The number of aryl methyl sites for hydroxylation is 1. The number of amides is 1. The van der Waals surface area contributed by atoms with Gasteiger partial charge in [0.25, 0.3) is 5.91 Å². The minimum atomic E-state index is -0.225. The number of anilines is 1. The number of carbonyl (C=O) groups excluding carboxylic acids is 2. The number of fused-ring (bicyclic) bond motifs is 1. The minimum absolute atomic E-state index is 0.0184. The molecule has 0 radical (unpaired) electrons. The molecule has 0 aliphatic rings. The van der Waals surface area contributed by atoms with E-state index >= 15 is 0 Å². The highest BCUT2D eigenvalue weighted by Crippen LogP contribution is 2.33. The largest absolute Gasteiger partial charge is 0.506 e. The third kappa shape index (κ3) is 5.42. The molecule has 0 unspecified atom stereocenters. The van der Waals surface area contributed by atoms with E-state index in [1.54, 1.807) is 23.4 Å². The smallest absolute Gasteiger partial charge is 0.291 e. The Bertz CT molecular complexity index is 1720. The third-order valence-corrected chi connectivity index (χ3v) is 7.30. The van der Waals surface area contributed by atoms with Gasteiger partial charge in [0.2, 0.25) is 5.82 Å². The van der Waals surface area contributed by atoms with Gasteiger partial charge in [-0.1, -0.05) is 44.2 Å². The van der Waals surface area contributed by atoms with Gasteiger partial charge in [-0.05, 0) is 38.7 Å². The normalized spacial score (nSPS) is 12.0.